The van der Waals surface area contributed by atoms with Crippen LogP contribution in [0.2, 0.25) is 0 Å². The van der Waals surface area contributed by atoms with Crippen molar-refractivity contribution in [3.8, 4) is 0 Å². The van der Waals surface area contributed by atoms with Gasteiger partial charge in [0.15, 0.2) is 0 Å². The van der Waals surface area contributed by atoms with E-state index in [2.05, 4.69) is 32.7 Å². The van der Waals surface area contributed by atoms with Gasteiger partial charge < -0.3 is 73.2 Å². The smallest absolute Gasteiger partial charge is 0.222 e. The van der Waals surface area contributed by atoms with E-state index in [0.717, 1.165) is 26.4 Å². The Kier molecular flexibility index (Phi) is 26.9. The number of rotatable bonds is 39. The van der Waals surface area contributed by atoms with Crippen molar-refractivity contribution in [2.75, 3.05) is 152 Å². The molecule has 0 aromatic carbocycles. The minimum Gasteiger partial charge on any atom is -0.394 e. The van der Waals surface area contributed by atoms with Crippen LogP contribution >= 0.6 is 0 Å². The van der Waals surface area contributed by atoms with Gasteiger partial charge in [0.05, 0.1) is 131 Å². The summed E-state index contributed by atoms with van der Waals surface area (Å²) in [5.41, 5.74) is 1.77. The highest BCUT2D eigenvalue weighted by Crippen LogP contribution is 2.22. The zero-order valence-electron chi connectivity index (χ0n) is 33.3. The first kappa shape index (κ1) is 48.8. The van der Waals surface area contributed by atoms with Gasteiger partial charge in [0, 0.05) is 51.7 Å². The lowest BCUT2D eigenvalue weighted by atomic mass is 9.92. The van der Waals surface area contributed by atoms with Crippen LogP contribution in [0, 0.1) is 5.41 Å². The second-order valence-electron chi connectivity index (χ2n) is 13.8. The zero-order chi connectivity index (χ0) is 40.7. The van der Waals surface area contributed by atoms with Crippen LogP contribution in [0.5, 0.6) is 0 Å². The van der Waals surface area contributed by atoms with E-state index in [0.29, 0.717) is 78.9 Å². The maximum Gasteiger partial charge on any atom is 0.222 e. The molecule has 4 aliphatic rings. The molecule has 4 fully saturated rings. The summed E-state index contributed by atoms with van der Waals surface area (Å²) in [6, 6.07) is 0. The highest BCUT2D eigenvalue weighted by molar-refractivity contribution is 5.76. The van der Waals surface area contributed by atoms with E-state index in [9.17, 15) is 14.4 Å². The summed E-state index contributed by atoms with van der Waals surface area (Å²) in [4.78, 5) is 42.3. The van der Waals surface area contributed by atoms with E-state index in [1.165, 1.54) is 6.20 Å². The number of aliphatic hydroxyl groups is 1. The third-order valence-electron chi connectivity index (χ3n) is 8.19. The third-order valence-corrected chi connectivity index (χ3v) is 8.19. The highest BCUT2D eigenvalue weighted by Gasteiger charge is 2.33. The molecule has 0 aromatic rings. The zero-order valence-corrected chi connectivity index (χ0v) is 33.3. The molecule has 3 amide bonds. The fourth-order valence-corrected chi connectivity index (χ4v) is 4.61. The van der Waals surface area contributed by atoms with Crippen LogP contribution in [0.3, 0.4) is 0 Å². The number of aliphatic hydroxyl groups excluding tert-OH is 1. The van der Waals surface area contributed by atoms with Crippen molar-refractivity contribution in [3.63, 3.8) is 0 Å². The normalized spacial score (nSPS) is 21.0. The van der Waals surface area contributed by atoms with E-state index in [1.54, 1.807) is 0 Å². The molecular formula is C37H66N4O16. The molecule has 4 unspecified atom stereocenters. The summed E-state index contributed by atoms with van der Waals surface area (Å²) in [5.74, 6) is -0.491. The van der Waals surface area contributed by atoms with Crippen LogP contribution in [-0.4, -0.2) is 199 Å². The van der Waals surface area contributed by atoms with Crippen LogP contribution < -0.4 is 21.4 Å². The molecule has 0 aromatic heterocycles. The van der Waals surface area contributed by atoms with Crippen LogP contribution in [0.15, 0.2) is 12.8 Å². The number of ether oxygens (including phenoxy) is 11. The second-order valence-corrected chi connectivity index (χ2v) is 13.8. The van der Waals surface area contributed by atoms with Gasteiger partial charge in [0.1, 0.15) is 24.4 Å². The predicted molar refractivity (Wildman–Crippen MR) is 201 cm³/mol. The number of nitrogens with one attached hydrogen (secondary N) is 4. The standard InChI is InChI=1S/C34H60N4O14.C3H6O2/c1-2-38-52-11-3-10-45-24-34(25-46-12-4-31(39)35-7-15-42-18-28-21-49-28,26-47-13-5-32(40)36-8-16-43-19-29-22-50-29)27-48-14-6-33(41)37-9-17-44-20-30-23-51-30;4-1-3-2-5-3/h2,28-30,38H,1,3-27H2,(H,35,39)(H,36,40)(H,37,41);3-4H,1-2H2. The van der Waals surface area contributed by atoms with Gasteiger partial charge in [-0.05, 0) is 6.42 Å². The number of carbonyl (C=O) groups is 3. The molecule has 5 N–H and O–H groups in total. The Bertz CT molecular complexity index is 976. The number of hydrogen-bond acceptors (Lipinski definition) is 17. The Morgan fingerprint density at radius 3 is 1.25 bits per heavy atom. The fourth-order valence-electron chi connectivity index (χ4n) is 4.61. The lowest BCUT2D eigenvalue weighted by Gasteiger charge is -2.33. The molecule has 4 aliphatic heterocycles. The van der Waals surface area contributed by atoms with Crippen molar-refractivity contribution < 1.29 is 76.4 Å². The quantitative estimate of drug-likeness (QED) is 0.0262. The van der Waals surface area contributed by atoms with E-state index in [1.807, 2.05) is 0 Å². The maximum absolute atomic E-state index is 12.4. The van der Waals surface area contributed by atoms with E-state index in [4.69, 9.17) is 57.3 Å². The molecule has 330 valence electrons. The molecule has 20 heteroatoms. The number of hydrogen-bond donors (Lipinski definition) is 5. The Balaban J connectivity index is 0.00000161. The average molecular weight is 823 g/mol. The van der Waals surface area contributed by atoms with Crippen molar-refractivity contribution in [2.45, 2.75) is 50.1 Å². The van der Waals surface area contributed by atoms with Crippen molar-refractivity contribution in [1.29, 1.82) is 0 Å². The van der Waals surface area contributed by atoms with E-state index < -0.39 is 5.41 Å². The largest absolute Gasteiger partial charge is 0.394 e. The minimum absolute atomic E-state index is 0.141. The Labute approximate surface area is 335 Å². The monoisotopic (exact) mass is 822 g/mol. The molecule has 0 saturated carbocycles. The molecule has 0 bridgehead atoms. The van der Waals surface area contributed by atoms with Crippen molar-refractivity contribution in [3.05, 3.63) is 12.8 Å². The van der Waals surface area contributed by atoms with E-state index >= 15 is 0 Å². The van der Waals surface area contributed by atoms with Crippen LogP contribution in [-0.2, 0) is 71.3 Å². The molecule has 4 atom stereocenters. The van der Waals surface area contributed by atoms with Gasteiger partial charge in [-0.15, -0.1) is 0 Å². The first-order chi connectivity index (χ1) is 27.9. The Morgan fingerprint density at radius 1 is 0.561 bits per heavy atom. The van der Waals surface area contributed by atoms with E-state index in [-0.39, 0.29) is 114 Å². The maximum atomic E-state index is 12.4. The van der Waals surface area contributed by atoms with Gasteiger partial charge in [-0.25, -0.2) is 0 Å². The van der Waals surface area contributed by atoms with Crippen LogP contribution in [0.25, 0.3) is 0 Å². The van der Waals surface area contributed by atoms with Gasteiger partial charge in [-0.3, -0.25) is 24.7 Å². The van der Waals surface area contributed by atoms with Gasteiger partial charge in [0.2, 0.25) is 17.7 Å². The van der Waals surface area contributed by atoms with Crippen LogP contribution in [0.4, 0.5) is 0 Å². The number of epoxide rings is 4. The Morgan fingerprint density at radius 2 is 0.930 bits per heavy atom. The molecule has 0 radical (unpaired) electrons. The molecule has 20 nitrogen and oxygen atoms in total. The highest BCUT2D eigenvalue weighted by atomic mass is 16.6. The molecular weight excluding hydrogens is 756 g/mol. The molecule has 4 saturated heterocycles. The second kappa shape index (κ2) is 31.4. The summed E-state index contributed by atoms with van der Waals surface area (Å²) in [6.07, 6.45) is 3.19. The molecule has 0 aliphatic carbocycles. The van der Waals surface area contributed by atoms with Crippen LogP contribution in [0.1, 0.15) is 25.7 Å². The first-order valence-electron chi connectivity index (χ1n) is 19.8. The Hall–Kier alpha value is -2.57. The summed E-state index contributed by atoms with van der Waals surface area (Å²) in [6.45, 7) is 12.5. The topological polar surface area (TPSA) is 244 Å². The molecule has 0 spiro atoms. The predicted octanol–water partition coefficient (Wildman–Crippen LogP) is -1.76. The lowest BCUT2D eigenvalue weighted by Crippen LogP contribution is -2.43. The minimum atomic E-state index is -0.806. The first-order valence-corrected chi connectivity index (χ1v) is 19.8. The molecule has 4 heterocycles. The molecule has 57 heavy (non-hydrogen) atoms. The molecule has 4 rings (SSSR count). The summed E-state index contributed by atoms with van der Waals surface area (Å²) >= 11 is 0. The summed E-state index contributed by atoms with van der Waals surface area (Å²) in [7, 11) is 0. The lowest BCUT2D eigenvalue weighted by molar-refractivity contribution is -0.128. The summed E-state index contributed by atoms with van der Waals surface area (Å²) < 4.78 is 60.3. The average Bonchev–Trinajstić information content (AvgIpc) is 4.01. The van der Waals surface area contributed by atoms with Gasteiger partial charge in [0.25, 0.3) is 0 Å². The third kappa shape index (κ3) is 29.3. The van der Waals surface area contributed by atoms with Gasteiger partial charge in [-0.1, -0.05) is 6.58 Å². The SMILES string of the molecule is C=CNOCCCOCC(COCCC(=O)NCCOCC1CO1)(COCCC(=O)NCCOCC1CO1)COCCC(=O)NCCOCC1CO1.OCC1CO1. The van der Waals surface area contributed by atoms with Crippen molar-refractivity contribution in [1.82, 2.24) is 21.4 Å². The fraction of sp³-hybridized carbons (Fsp3) is 0.865. The number of carbonyl (C=O) groups excluding carboxylic acids is 3. The van der Waals surface area contributed by atoms with Crippen molar-refractivity contribution >= 4 is 17.7 Å². The number of hydroxylamine groups is 1. The van der Waals surface area contributed by atoms with Gasteiger partial charge in [-0.2, -0.15) is 0 Å². The summed E-state index contributed by atoms with van der Waals surface area (Å²) in [5, 5.41) is 16.5. The number of amides is 3. The van der Waals surface area contributed by atoms with Crippen molar-refractivity contribution in [2.24, 2.45) is 5.41 Å². The van der Waals surface area contributed by atoms with Gasteiger partial charge >= 0.3 is 0 Å².